The Bertz CT molecular complexity index is 1400. The van der Waals surface area contributed by atoms with Gasteiger partial charge in [0.25, 0.3) is 5.91 Å². The van der Waals surface area contributed by atoms with Gasteiger partial charge in [0.15, 0.2) is 6.61 Å². The van der Waals surface area contributed by atoms with Crippen LogP contribution in [0.2, 0.25) is 0 Å². The second kappa shape index (κ2) is 10.9. The minimum absolute atomic E-state index is 0.0690. The summed E-state index contributed by atoms with van der Waals surface area (Å²) < 4.78 is 17.2. The van der Waals surface area contributed by atoms with Gasteiger partial charge in [-0.25, -0.2) is 4.79 Å². The van der Waals surface area contributed by atoms with E-state index in [2.05, 4.69) is 0 Å². The molecule has 186 valence electrons. The molecule has 1 heterocycles. The first-order valence-corrected chi connectivity index (χ1v) is 11.9. The number of amides is 1. The fraction of sp³-hybridized carbons (Fsp3) is 0.133. The summed E-state index contributed by atoms with van der Waals surface area (Å²) in [7, 11) is 0. The predicted octanol–water partition coefficient (Wildman–Crippen LogP) is 5.72. The molecule has 0 radical (unpaired) electrons. The molecule has 0 unspecified atom stereocenters. The number of carbonyl (C=O) groups is 2. The zero-order chi connectivity index (χ0) is 25.6. The van der Waals surface area contributed by atoms with Crippen molar-refractivity contribution in [3.8, 4) is 23.0 Å². The van der Waals surface area contributed by atoms with Crippen LogP contribution >= 0.6 is 0 Å². The minimum atomic E-state index is -1.02. The second-order valence-electron chi connectivity index (χ2n) is 8.51. The Morgan fingerprint density at radius 1 is 0.811 bits per heavy atom. The van der Waals surface area contributed by atoms with Crippen LogP contribution in [0.3, 0.4) is 0 Å². The van der Waals surface area contributed by atoms with Gasteiger partial charge in [0, 0.05) is 23.2 Å². The fourth-order valence-corrected chi connectivity index (χ4v) is 4.18. The molecule has 0 bridgehead atoms. The lowest BCUT2D eigenvalue weighted by Gasteiger charge is -2.16. The second-order valence-corrected chi connectivity index (χ2v) is 8.51. The van der Waals surface area contributed by atoms with Crippen molar-refractivity contribution >= 4 is 17.6 Å². The number of fused-ring (bicyclic) bond motifs is 1. The number of benzene rings is 4. The van der Waals surface area contributed by atoms with Crippen molar-refractivity contribution in [3.63, 3.8) is 0 Å². The van der Waals surface area contributed by atoms with Crippen molar-refractivity contribution in [2.45, 2.75) is 13.0 Å². The molecule has 7 heteroatoms. The average molecular weight is 496 g/mol. The molecule has 1 N–H and O–H groups in total. The van der Waals surface area contributed by atoms with Gasteiger partial charge in [-0.15, -0.1) is 0 Å². The van der Waals surface area contributed by atoms with Crippen LogP contribution in [-0.2, 0) is 17.8 Å². The van der Waals surface area contributed by atoms with Crippen LogP contribution < -0.4 is 19.1 Å². The minimum Gasteiger partial charge on any atom is -0.493 e. The van der Waals surface area contributed by atoms with Crippen molar-refractivity contribution in [1.29, 1.82) is 0 Å². The third-order valence-electron chi connectivity index (χ3n) is 5.96. The van der Waals surface area contributed by atoms with Crippen LogP contribution in [0.1, 0.15) is 21.5 Å². The molecule has 37 heavy (non-hydrogen) atoms. The molecule has 1 amide bonds. The van der Waals surface area contributed by atoms with Crippen molar-refractivity contribution in [1.82, 2.24) is 0 Å². The predicted molar refractivity (Wildman–Crippen MR) is 139 cm³/mol. The average Bonchev–Trinajstić information content (AvgIpc) is 3.26. The van der Waals surface area contributed by atoms with Crippen LogP contribution in [0.5, 0.6) is 23.0 Å². The number of ether oxygens (including phenoxy) is 3. The molecule has 4 aromatic carbocycles. The number of nitrogens with zero attached hydrogens (tertiary/aromatic N) is 1. The summed E-state index contributed by atoms with van der Waals surface area (Å²) >= 11 is 0. The summed E-state index contributed by atoms with van der Waals surface area (Å²) in [4.78, 5) is 25.6. The van der Waals surface area contributed by atoms with Gasteiger partial charge < -0.3 is 24.2 Å². The van der Waals surface area contributed by atoms with Crippen LogP contribution in [0, 0.1) is 0 Å². The first-order valence-electron chi connectivity index (χ1n) is 11.9. The van der Waals surface area contributed by atoms with Crippen molar-refractivity contribution in [2.24, 2.45) is 0 Å². The Balaban J connectivity index is 1.22. The van der Waals surface area contributed by atoms with E-state index in [0.717, 1.165) is 22.6 Å². The van der Waals surface area contributed by atoms with Gasteiger partial charge in [-0.3, -0.25) is 4.79 Å². The largest absolute Gasteiger partial charge is 0.493 e. The Hall–Kier alpha value is -4.78. The Labute approximate surface area is 214 Å². The maximum atomic E-state index is 13.2. The number of carboxylic acids is 1. The number of aliphatic carboxylic acids is 1. The Kier molecular flexibility index (Phi) is 7.03. The molecule has 1 aliphatic heterocycles. The molecular weight excluding hydrogens is 470 g/mol. The summed E-state index contributed by atoms with van der Waals surface area (Å²) in [6.07, 6.45) is 0.606. The van der Waals surface area contributed by atoms with Crippen molar-refractivity contribution < 1.29 is 28.9 Å². The molecule has 1 aliphatic rings. The van der Waals surface area contributed by atoms with Crippen LogP contribution in [0.25, 0.3) is 0 Å². The molecular formula is C30H25NO6. The Morgan fingerprint density at radius 3 is 2.32 bits per heavy atom. The first-order chi connectivity index (χ1) is 18.1. The molecule has 4 aromatic rings. The van der Waals surface area contributed by atoms with E-state index in [1.54, 1.807) is 17.0 Å². The van der Waals surface area contributed by atoms with E-state index in [1.165, 1.54) is 0 Å². The number of anilines is 1. The zero-order valence-corrected chi connectivity index (χ0v) is 20.0. The molecule has 0 aromatic heterocycles. The van der Waals surface area contributed by atoms with Crippen LogP contribution in [-0.4, -0.2) is 30.2 Å². The molecule has 5 rings (SSSR count). The summed E-state index contributed by atoms with van der Waals surface area (Å²) in [5, 5.41) is 8.79. The maximum absolute atomic E-state index is 13.2. The molecule has 0 fully saturated rings. The third kappa shape index (κ3) is 5.73. The summed E-state index contributed by atoms with van der Waals surface area (Å²) in [6.45, 7) is 0.434. The van der Waals surface area contributed by atoms with E-state index < -0.39 is 5.97 Å². The first kappa shape index (κ1) is 23.9. The number of hydrogen-bond donors (Lipinski definition) is 1. The third-order valence-corrected chi connectivity index (χ3v) is 5.96. The molecule has 7 nitrogen and oxygen atoms in total. The molecule has 0 atom stereocenters. The van der Waals surface area contributed by atoms with E-state index in [1.807, 2.05) is 84.9 Å². The van der Waals surface area contributed by atoms with Gasteiger partial charge >= 0.3 is 5.97 Å². The quantitative estimate of drug-likeness (QED) is 0.303. The highest BCUT2D eigenvalue weighted by molar-refractivity contribution is 6.10. The van der Waals surface area contributed by atoms with E-state index in [4.69, 9.17) is 19.3 Å². The zero-order valence-electron chi connectivity index (χ0n) is 20.0. The molecule has 0 saturated heterocycles. The lowest BCUT2D eigenvalue weighted by Crippen LogP contribution is -2.22. The fourth-order valence-electron chi connectivity index (χ4n) is 4.18. The van der Waals surface area contributed by atoms with Crippen molar-refractivity contribution in [3.05, 3.63) is 114 Å². The molecule has 0 saturated carbocycles. The molecule has 0 aliphatic carbocycles. The van der Waals surface area contributed by atoms with Gasteiger partial charge in [-0.2, -0.15) is 0 Å². The number of rotatable bonds is 10. The van der Waals surface area contributed by atoms with Crippen LogP contribution in [0.15, 0.2) is 97.1 Å². The van der Waals surface area contributed by atoms with Crippen LogP contribution in [0.4, 0.5) is 5.69 Å². The van der Waals surface area contributed by atoms with Gasteiger partial charge in [0.05, 0.1) is 13.2 Å². The number of carbonyl (C=O) groups excluding carboxylic acids is 1. The van der Waals surface area contributed by atoms with E-state index in [0.29, 0.717) is 42.4 Å². The smallest absolute Gasteiger partial charge is 0.341 e. The van der Waals surface area contributed by atoms with E-state index >= 15 is 0 Å². The monoisotopic (exact) mass is 495 g/mol. The highest BCUT2D eigenvalue weighted by Gasteiger charge is 2.31. The van der Waals surface area contributed by atoms with E-state index in [9.17, 15) is 9.59 Å². The highest BCUT2D eigenvalue weighted by Crippen LogP contribution is 2.35. The molecule has 0 spiro atoms. The maximum Gasteiger partial charge on any atom is 0.341 e. The Morgan fingerprint density at radius 2 is 1.54 bits per heavy atom. The number of para-hydroxylation sites is 1. The number of hydrogen-bond acceptors (Lipinski definition) is 5. The summed E-state index contributed by atoms with van der Waals surface area (Å²) in [5.74, 6) is 1.53. The number of carboxylic acid groups (broad SMARTS) is 1. The SMILES string of the molecule is O=C(O)COc1cccc(CCOc2cccc3c2CN(c2ccc(Oc4ccccc4)cc2)C3=O)c1. The summed E-state index contributed by atoms with van der Waals surface area (Å²) in [5.41, 5.74) is 3.23. The van der Waals surface area contributed by atoms with Gasteiger partial charge in [0.1, 0.15) is 23.0 Å². The normalized spacial score (nSPS) is 12.2. The summed E-state index contributed by atoms with van der Waals surface area (Å²) in [6, 6.07) is 29.8. The lowest BCUT2D eigenvalue weighted by atomic mass is 10.1. The van der Waals surface area contributed by atoms with Crippen molar-refractivity contribution in [2.75, 3.05) is 18.1 Å². The standard InChI is InChI=1S/C30H25NO6/c32-29(33)20-36-25-9-4-6-21(18-25)16-17-35-28-11-5-10-26-27(28)19-31(30(26)34)22-12-14-24(15-13-22)37-23-7-2-1-3-8-23/h1-15,18H,16-17,19-20H2,(H,32,33). The van der Waals surface area contributed by atoms with Gasteiger partial charge in [-0.1, -0.05) is 36.4 Å². The highest BCUT2D eigenvalue weighted by atomic mass is 16.5. The lowest BCUT2D eigenvalue weighted by molar-refractivity contribution is -0.139. The van der Waals surface area contributed by atoms with E-state index in [-0.39, 0.29) is 12.5 Å². The van der Waals surface area contributed by atoms with Gasteiger partial charge in [-0.05, 0) is 66.2 Å². The van der Waals surface area contributed by atoms with Gasteiger partial charge in [0.2, 0.25) is 0 Å². The topological polar surface area (TPSA) is 85.3 Å².